The first kappa shape index (κ1) is 22.0. The smallest absolute Gasteiger partial charge is 0.311 e. The summed E-state index contributed by atoms with van der Waals surface area (Å²) in [5.74, 6) is 0.144. The molecule has 0 fully saturated rings. The first-order valence-corrected chi connectivity index (χ1v) is 9.45. The van der Waals surface area contributed by atoms with Crippen LogP contribution in [0.3, 0.4) is 0 Å². The topological polar surface area (TPSA) is 73.9 Å². The standard InChI is InChI=1S/C23H27NO5/c1-4-29-23(26)19(14-17-8-6-5-7-9-17)16-24-22(25)13-11-18-10-12-20(27-2)21(15-18)28-3/h5-13,15,19H,4,14,16H2,1-3H3,(H,24,25)/b13-11+. The molecule has 1 amide bonds. The van der Waals surface area contributed by atoms with Crippen LogP contribution in [-0.2, 0) is 20.7 Å². The quantitative estimate of drug-likeness (QED) is 0.492. The lowest BCUT2D eigenvalue weighted by molar-refractivity contribution is -0.147. The van der Waals surface area contributed by atoms with E-state index in [9.17, 15) is 9.59 Å². The Morgan fingerprint density at radius 1 is 1.03 bits per heavy atom. The minimum absolute atomic E-state index is 0.197. The first-order chi connectivity index (χ1) is 14.1. The van der Waals surface area contributed by atoms with E-state index in [1.54, 1.807) is 39.4 Å². The lowest BCUT2D eigenvalue weighted by Crippen LogP contribution is -2.34. The van der Waals surface area contributed by atoms with Crippen molar-refractivity contribution in [2.24, 2.45) is 5.92 Å². The van der Waals surface area contributed by atoms with Gasteiger partial charge in [0.2, 0.25) is 5.91 Å². The molecule has 6 heteroatoms. The summed E-state index contributed by atoms with van der Waals surface area (Å²) in [6.45, 7) is 2.27. The number of hydrogen-bond donors (Lipinski definition) is 1. The van der Waals surface area contributed by atoms with Gasteiger partial charge >= 0.3 is 5.97 Å². The molecule has 0 aliphatic heterocycles. The fourth-order valence-corrected chi connectivity index (χ4v) is 2.81. The van der Waals surface area contributed by atoms with Crippen molar-refractivity contribution in [3.05, 3.63) is 65.7 Å². The van der Waals surface area contributed by atoms with Crippen molar-refractivity contribution in [1.29, 1.82) is 0 Å². The normalized spacial score (nSPS) is 11.7. The molecule has 6 nitrogen and oxygen atoms in total. The van der Waals surface area contributed by atoms with E-state index in [1.807, 2.05) is 36.4 Å². The van der Waals surface area contributed by atoms with Gasteiger partial charge in [-0.25, -0.2) is 0 Å². The lowest BCUT2D eigenvalue weighted by Gasteiger charge is -2.16. The van der Waals surface area contributed by atoms with Gasteiger partial charge in [0.1, 0.15) is 0 Å². The number of hydrogen-bond acceptors (Lipinski definition) is 5. The van der Waals surface area contributed by atoms with Crippen LogP contribution in [0.15, 0.2) is 54.6 Å². The summed E-state index contributed by atoms with van der Waals surface area (Å²) in [5.41, 5.74) is 1.81. The Kier molecular flexibility index (Phi) is 8.76. The first-order valence-electron chi connectivity index (χ1n) is 9.45. The molecule has 0 saturated heterocycles. The van der Waals surface area contributed by atoms with Crippen molar-refractivity contribution in [3.8, 4) is 11.5 Å². The van der Waals surface area contributed by atoms with Crippen molar-refractivity contribution < 1.29 is 23.8 Å². The van der Waals surface area contributed by atoms with Gasteiger partial charge in [0.25, 0.3) is 0 Å². The highest BCUT2D eigenvalue weighted by Gasteiger charge is 2.20. The van der Waals surface area contributed by atoms with Crippen LogP contribution in [0.1, 0.15) is 18.1 Å². The molecule has 2 rings (SSSR count). The van der Waals surface area contributed by atoms with Gasteiger partial charge in [0, 0.05) is 12.6 Å². The highest BCUT2D eigenvalue weighted by Crippen LogP contribution is 2.27. The predicted molar refractivity (Wildman–Crippen MR) is 112 cm³/mol. The number of esters is 1. The second-order valence-corrected chi connectivity index (χ2v) is 6.33. The summed E-state index contributed by atoms with van der Waals surface area (Å²) < 4.78 is 15.6. The SMILES string of the molecule is CCOC(=O)C(CNC(=O)/C=C/c1ccc(OC)c(OC)c1)Cc1ccccc1. The van der Waals surface area contributed by atoms with Crippen LogP contribution in [0.4, 0.5) is 0 Å². The van der Waals surface area contributed by atoms with Gasteiger partial charge in [-0.15, -0.1) is 0 Å². The van der Waals surface area contributed by atoms with E-state index < -0.39 is 5.92 Å². The second-order valence-electron chi connectivity index (χ2n) is 6.33. The molecule has 1 unspecified atom stereocenters. The van der Waals surface area contributed by atoms with Crippen LogP contribution in [0, 0.1) is 5.92 Å². The molecule has 0 bridgehead atoms. The molecule has 2 aromatic rings. The molecule has 0 radical (unpaired) electrons. The van der Waals surface area contributed by atoms with Gasteiger partial charge in [-0.1, -0.05) is 36.4 Å². The molecule has 0 heterocycles. The average Bonchev–Trinajstić information content (AvgIpc) is 2.75. The molecule has 1 atom stereocenters. The Labute approximate surface area is 171 Å². The summed E-state index contributed by atoms with van der Waals surface area (Å²) in [6, 6.07) is 15.0. The molecule has 154 valence electrons. The summed E-state index contributed by atoms with van der Waals surface area (Å²) in [6.07, 6.45) is 3.60. The Hall–Kier alpha value is -3.28. The number of carbonyl (C=O) groups is 2. The summed E-state index contributed by atoms with van der Waals surface area (Å²) in [4.78, 5) is 24.5. The van der Waals surface area contributed by atoms with Gasteiger partial charge in [-0.2, -0.15) is 0 Å². The summed E-state index contributed by atoms with van der Waals surface area (Å²) >= 11 is 0. The minimum atomic E-state index is -0.448. The molecular formula is C23H27NO5. The Balaban J connectivity index is 1.98. The monoisotopic (exact) mass is 397 g/mol. The number of amides is 1. The maximum atomic E-state index is 12.3. The minimum Gasteiger partial charge on any atom is -0.493 e. The van der Waals surface area contributed by atoms with Crippen molar-refractivity contribution >= 4 is 18.0 Å². The van der Waals surface area contributed by atoms with Crippen LogP contribution in [0.25, 0.3) is 6.08 Å². The van der Waals surface area contributed by atoms with E-state index in [0.717, 1.165) is 11.1 Å². The zero-order valence-electron chi connectivity index (χ0n) is 17.0. The second kappa shape index (κ2) is 11.5. The summed E-state index contributed by atoms with van der Waals surface area (Å²) in [7, 11) is 3.12. The van der Waals surface area contributed by atoms with E-state index in [1.165, 1.54) is 6.08 Å². The van der Waals surface area contributed by atoms with E-state index in [0.29, 0.717) is 24.5 Å². The third-order valence-corrected chi connectivity index (χ3v) is 4.30. The number of rotatable bonds is 10. The highest BCUT2D eigenvalue weighted by molar-refractivity contribution is 5.92. The molecule has 2 aromatic carbocycles. The summed E-state index contributed by atoms with van der Waals surface area (Å²) in [5, 5.41) is 2.78. The van der Waals surface area contributed by atoms with Crippen LogP contribution in [-0.4, -0.2) is 39.2 Å². The van der Waals surface area contributed by atoms with Crippen LogP contribution < -0.4 is 14.8 Å². The molecule has 0 spiro atoms. The number of ether oxygens (including phenoxy) is 3. The van der Waals surface area contributed by atoms with Crippen molar-refractivity contribution in [2.75, 3.05) is 27.4 Å². The molecule has 0 aliphatic carbocycles. The van der Waals surface area contributed by atoms with E-state index in [2.05, 4.69) is 5.32 Å². The highest BCUT2D eigenvalue weighted by atomic mass is 16.5. The number of carbonyl (C=O) groups excluding carboxylic acids is 2. The van der Waals surface area contributed by atoms with Gasteiger partial charge in [0.15, 0.2) is 11.5 Å². The molecule has 29 heavy (non-hydrogen) atoms. The van der Waals surface area contributed by atoms with Crippen molar-refractivity contribution in [2.45, 2.75) is 13.3 Å². The maximum Gasteiger partial charge on any atom is 0.311 e. The Morgan fingerprint density at radius 2 is 1.76 bits per heavy atom. The number of nitrogens with one attached hydrogen (secondary N) is 1. The fraction of sp³-hybridized carbons (Fsp3) is 0.304. The van der Waals surface area contributed by atoms with Crippen LogP contribution in [0.5, 0.6) is 11.5 Å². The molecule has 0 saturated carbocycles. The van der Waals surface area contributed by atoms with Gasteiger partial charge in [0.05, 0.1) is 26.7 Å². The van der Waals surface area contributed by atoms with Gasteiger partial charge < -0.3 is 19.5 Å². The maximum absolute atomic E-state index is 12.3. The number of methoxy groups -OCH3 is 2. The fourth-order valence-electron chi connectivity index (χ4n) is 2.81. The van der Waals surface area contributed by atoms with Gasteiger partial charge in [-0.3, -0.25) is 9.59 Å². The molecule has 0 aromatic heterocycles. The Morgan fingerprint density at radius 3 is 2.41 bits per heavy atom. The van der Waals surface area contributed by atoms with Gasteiger partial charge in [-0.05, 0) is 42.7 Å². The Bertz CT molecular complexity index is 832. The van der Waals surface area contributed by atoms with E-state index in [4.69, 9.17) is 14.2 Å². The lowest BCUT2D eigenvalue weighted by atomic mass is 9.99. The third kappa shape index (κ3) is 6.99. The molecule has 1 N–H and O–H groups in total. The zero-order valence-corrected chi connectivity index (χ0v) is 17.0. The third-order valence-electron chi connectivity index (χ3n) is 4.30. The number of benzene rings is 2. The van der Waals surface area contributed by atoms with E-state index in [-0.39, 0.29) is 18.4 Å². The van der Waals surface area contributed by atoms with E-state index >= 15 is 0 Å². The van der Waals surface area contributed by atoms with Crippen molar-refractivity contribution in [3.63, 3.8) is 0 Å². The average molecular weight is 397 g/mol. The van der Waals surface area contributed by atoms with Crippen LogP contribution >= 0.6 is 0 Å². The predicted octanol–water partition coefficient (Wildman–Crippen LogP) is 3.26. The van der Waals surface area contributed by atoms with Crippen molar-refractivity contribution in [1.82, 2.24) is 5.32 Å². The largest absolute Gasteiger partial charge is 0.493 e. The zero-order chi connectivity index (χ0) is 21.1. The molecule has 0 aliphatic rings. The van der Waals surface area contributed by atoms with Crippen LogP contribution in [0.2, 0.25) is 0 Å². The molecular weight excluding hydrogens is 370 g/mol.